The average molecular weight is 536 g/mol. The number of imide groups is 1. The first-order valence-corrected chi connectivity index (χ1v) is 13.7. The molecule has 9 heteroatoms. The molecule has 3 heterocycles. The molecule has 3 aliphatic heterocycles. The summed E-state index contributed by atoms with van der Waals surface area (Å²) < 4.78 is 16.4. The Hall–Kier alpha value is -3.59. The molecule has 0 unspecified atom stereocenters. The predicted molar refractivity (Wildman–Crippen MR) is 147 cm³/mol. The summed E-state index contributed by atoms with van der Waals surface area (Å²) in [6.07, 6.45) is 4.04. The number of likely N-dealkylation sites (N-methyl/N-ethyl adjacent to an activating group) is 1. The maximum absolute atomic E-state index is 13.4. The molecule has 208 valence electrons. The van der Waals surface area contributed by atoms with Gasteiger partial charge in [-0.2, -0.15) is 0 Å². The summed E-state index contributed by atoms with van der Waals surface area (Å²) >= 11 is 0. The van der Waals surface area contributed by atoms with Crippen molar-refractivity contribution in [2.45, 2.75) is 38.2 Å². The fourth-order valence-corrected chi connectivity index (χ4v) is 5.89. The summed E-state index contributed by atoms with van der Waals surface area (Å²) in [5.41, 5.74) is 2.70. The Balaban J connectivity index is 1.25. The minimum Gasteiger partial charge on any atom is -0.493 e. The van der Waals surface area contributed by atoms with E-state index in [0.29, 0.717) is 48.7 Å². The van der Waals surface area contributed by atoms with Gasteiger partial charge in [0.05, 0.1) is 49.6 Å². The van der Waals surface area contributed by atoms with Gasteiger partial charge in [-0.3, -0.25) is 19.3 Å². The second-order valence-electron chi connectivity index (χ2n) is 10.5. The topological polar surface area (TPSA) is 88.6 Å². The van der Waals surface area contributed by atoms with Crippen LogP contribution in [0, 0.1) is 5.92 Å². The minimum absolute atomic E-state index is 0.0927. The SMILES string of the molecule is COc1ccc(CCN(C)C(=O)[C@H]2CCCN(c3cccc4c3C(=O)N(C[C@@H]3CCCO3)C4=O)C2)cc1OC. The van der Waals surface area contributed by atoms with Crippen molar-refractivity contribution in [3.63, 3.8) is 0 Å². The monoisotopic (exact) mass is 535 g/mol. The van der Waals surface area contributed by atoms with Crippen LogP contribution in [0.3, 0.4) is 0 Å². The molecule has 0 saturated carbocycles. The van der Waals surface area contributed by atoms with Crippen LogP contribution in [0.25, 0.3) is 0 Å². The standard InChI is InChI=1S/C30H37N3O6/c1-31(15-13-20-11-12-25(37-2)26(17-20)38-3)28(34)21-7-5-14-32(18-21)24-10-4-9-23-27(24)30(36)33(29(23)35)19-22-8-6-16-39-22/h4,9-12,17,21-22H,5-8,13-16,18-19H2,1-3H3/t21-,22-/m0/s1. The number of methoxy groups -OCH3 is 2. The molecule has 2 aromatic rings. The number of carbonyl (C=O) groups is 3. The number of anilines is 1. The Labute approximate surface area is 229 Å². The maximum Gasteiger partial charge on any atom is 0.263 e. The number of rotatable bonds is 9. The van der Waals surface area contributed by atoms with Crippen molar-refractivity contribution in [1.82, 2.24) is 9.80 Å². The van der Waals surface area contributed by atoms with Gasteiger partial charge < -0.3 is 24.0 Å². The van der Waals surface area contributed by atoms with E-state index in [4.69, 9.17) is 14.2 Å². The zero-order valence-corrected chi connectivity index (χ0v) is 23.0. The molecule has 5 rings (SSSR count). The van der Waals surface area contributed by atoms with Gasteiger partial charge in [-0.05, 0) is 61.9 Å². The van der Waals surface area contributed by atoms with Crippen LogP contribution in [0.15, 0.2) is 36.4 Å². The van der Waals surface area contributed by atoms with E-state index in [1.54, 1.807) is 25.2 Å². The molecule has 0 N–H and O–H groups in total. The Bertz CT molecular complexity index is 1240. The van der Waals surface area contributed by atoms with Crippen LogP contribution in [-0.2, 0) is 16.0 Å². The van der Waals surface area contributed by atoms with Gasteiger partial charge in [0.25, 0.3) is 11.8 Å². The molecule has 0 radical (unpaired) electrons. The fraction of sp³-hybridized carbons (Fsp3) is 0.500. The van der Waals surface area contributed by atoms with E-state index in [0.717, 1.165) is 43.5 Å². The minimum atomic E-state index is -0.262. The zero-order chi connectivity index (χ0) is 27.5. The number of carbonyl (C=O) groups excluding carboxylic acids is 3. The maximum atomic E-state index is 13.4. The number of fused-ring (bicyclic) bond motifs is 1. The first-order chi connectivity index (χ1) is 18.9. The van der Waals surface area contributed by atoms with Gasteiger partial charge in [0.1, 0.15) is 0 Å². The third-order valence-corrected chi connectivity index (χ3v) is 8.06. The lowest BCUT2D eigenvalue weighted by Gasteiger charge is -2.36. The van der Waals surface area contributed by atoms with E-state index < -0.39 is 0 Å². The first kappa shape index (κ1) is 27.0. The predicted octanol–water partition coefficient (Wildman–Crippen LogP) is 3.40. The molecule has 2 saturated heterocycles. The van der Waals surface area contributed by atoms with E-state index in [1.165, 1.54) is 4.90 Å². The van der Waals surface area contributed by atoms with Crippen molar-refractivity contribution in [3.8, 4) is 11.5 Å². The molecule has 0 aliphatic carbocycles. The first-order valence-electron chi connectivity index (χ1n) is 13.7. The summed E-state index contributed by atoms with van der Waals surface area (Å²) in [6.45, 7) is 2.80. The van der Waals surface area contributed by atoms with Crippen molar-refractivity contribution < 1.29 is 28.6 Å². The van der Waals surface area contributed by atoms with E-state index in [2.05, 4.69) is 4.90 Å². The van der Waals surface area contributed by atoms with Crippen molar-refractivity contribution in [2.24, 2.45) is 5.92 Å². The summed E-state index contributed by atoms with van der Waals surface area (Å²) in [5.74, 6) is 0.740. The van der Waals surface area contributed by atoms with E-state index in [-0.39, 0.29) is 36.3 Å². The molecule has 2 atom stereocenters. The molecular formula is C30H37N3O6. The summed E-state index contributed by atoms with van der Waals surface area (Å²) in [4.78, 5) is 45.2. The van der Waals surface area contributed by atoms with Gasteiger partial charge in [0, 0.05) is 33.3 Å². The van der Waals surface area contributed by atoms with Crippen LogP contribution in [0.1, 0.15) is 52.0 Å². The van der Waals surface area contributed by atoms with Crippen molar-refractivity contribution in [1.29, 1.82) is 0 Å². The highest BCUT2D eigenvalue weighted by Crippen LogP contribution is 2.35. The number of hydrogen-bond acceptors (Lipinski definition) is 7. The highest BCUT2D eigenvalue weighted by Gasteiger charge is 2.41. The normalized spacial score (nSPS) is 20.8. The molecule has 3 aliphatic rings. The Kier molecular flexibility index (Phi) is 8.07. The number of nitrogens with zero attached hydrogens (tertiary/aromatic N) is 3. The molecular weight excluding hydrogens is 498 g/mol. The quantitative estimate of drug-likeness (QED) is 0.455. The van der Waals surface area contributed by atoms with E-state index in [9.17, 15) is 14.4 Å². The Morgan fingerprint density at radius 3 is 2.62 bits per heavy atom. The molecule has 2 aromatic carbocycles. The summed E-state index contributed by atoms with van der Waals surface area (Å²) in [6, 6.07) is 11.3. The highest BCUT2D eigenvalue weighted by molar-refractivity contribution is 6.23. The number of piperidine rings is 1. The second kappa shape index (κ2) is 11.7. The number of ether oxygens (including phenoxy) is 3. The smallest absolute Gasteiger partial charge is 0.263 e. The zero-order valence-electron chi connectivity index (χ0n) is 23.0. The molecule has 9 nitrogen and oxygen atoms in total. The Morgan fingerprint density at radius 1 is 1.05 bits per heavy atom. The van der Waals surface area contributed by atoms with Gasteiger partial charge in [0.2, 0.25) is 5.91 Å². The van der Waals surface area contributed by atoms with Gasteiger partial charge in [0.15, 0.2) is 11.5 Å². The van der Waals surface area contributed by atoms with Gasteiger partial charge in [-0.25, -0.2) is 0 Å². The van der Waals surface area contributed by atoms with E-state index in [1.807, 2.05) is 37.4 Å². The number of amides is 3. The lowest BCUT2D eigenvalue weighted by Crippen LogP contribution is -2.44. The molecule has 0 bridgehead atoms. The third kappa shape index (κ3) is 5.45. The third-order valence-electron chi connectivity index (χ3n) is 8.06. The lowest BCUT2D eigenvalue weighted by molar-refractivity contribution is -0.134. The van der Waals surface area contributed by atoms with Crippen molar-refractivity contribution >= 4 is 23.4 Å². The van der Waals surface area contributed by atoms with Crippen LogP contribution >= 0.6 is 0 Å². The molecule has 0 aromatic heterocycles. The van der Waals surface area contributed by atoms with Crippen LogP contribution in [0.2, 0.25) is 0 Å². The van der Waals surface area contributed by atoms with Gasteiger partial charge in [-0.1, -0.05) is 12.1 Å². The largest absolute Gasteiger partial charge is 0.493 e. The fourth-order valence-electron chi connectivity index (χ4n) is 5.89. The van der Waals surface area contributed by atoms with Crippen LogP contribution in [0.5, 0.6) is 11.5 Å². The molecule has 0 spiro atoms. The van der Waals surface area contributed by atoms with Crippen molar-refractivity contribution in [2.75, 3.05) is 59.0 Å². The second-order valence-corrected chi connectivity index (χ2v) is 10.5. The van der Waals surface area contributed by atoms with Crippen molar-refractivity contribution in [3.05, 3.63) is 53.1 Å². The lowest BCUT2D eigenvalue weighted by atomic mass is 9.94. The summed E-state index contributed by atoms with van der Waals surface area (Å²) in [5, 5.41) is 0. The highest BCUT2D eigenvalue weighted by atomic mass is 16.5. The number of benzene rings is 2. The van der Waals surface area contributed by atoms with Gasteiger partial charge in [-0.15, -0.1) is 0 Å². The van der Waals surface area contributed by atoms with E-state index >= 15 is 0 Å². The summed E-state index contributed by atoms with van der Waals surface area (Å²) in [7, 11) is 5.06. The average Bonchev–Trinajstić information content (AvgIpc) is 3.58. The molecule has 39 heavy (non-hydrogen) atoms. The molecule has 3 amide bonds. The van der Waals surface area contributed by atoms with Gasteiger partial charge >= 0.3 is 0 Å². The van der Waals surface area contributed by atoms with Crippen LogP contribution in [0.4, 0.5) is 5.69 Å². The molecule has 2 fully saturated rings. The number of hydrogen-bond donors (Lipinski definition) is 0. The van der Waals surface area contributed by atoms with Crippen LogP contribution in [-0.4, -0.2) is 87.7 Å². The Morgan fingerprint density at radius 2 is 1.87 bits per heavy atom. The van der Waals surface area contributed by atoms with Crippen LogP contribution < -0.4 is 14.4 Å².